The molecule has 1 heterocycles. The van der Waals surface area contributed by atoms with Gasteiger partial charge in [-0.05, 0) is 12.4 Å². The highest BCUT2D eigenvalue weighted by atomic mass is 15.2. The summed E-state index contributed by atoms with van der Waals surface area (Å²) in [5.74, 6) is 0.174. The number of nitrogens with zero attached hydrogens (tertiary/aromatic N) is 5. The number of rotatable bonds is 1. The SMILES string of the molecule is [N-]=[N+]=Nc1ncc[n-]1. The van der Waals surface area contributed by atoms with Crippen LogP contribution in [0.1, 0.15) is 0 Å². The molecule has 40 valence electrons. The summed E-state index contributed by atoms with van der Waals surface area (Å²) in [6, 6.07) is 0. The van der Waals surface area contributed by atoms with Gasteiger partial charge in [0.15, 0.2) is 0 Å². The molecule has 8 heavy (non-hydrogen) atoms. The minimum atomic E-state index is 0.174. The summed E-state index contributed by atoms with van der Waals surface area (Å²) in [5, 5.41) is 3.12. The Labute approximate surface area is 45.0 Å². The molecule has 0 unspecified atom stereocenters. The van der Waals surface area contributed by atoms with E-state index in [-0.39, 0.29) is 5.95 Å². The highest BCUT2D eigenvalue weighted by Gasteiger charge is 1.76. The zero-order valence-electron chi connectivity index (χ0n) is 3.89. The van der Waals surface area contributed by atoms with Crippen molar-refractivity contribution in [2.75, 3.05) is 0 Å². The quantitative estimate of drug-likeness (QED) is 0.305. The number of imidazole rings is 1. The summed E-state index contributed by atoms with van der Waals surface area (Å²) in [7, 11) is 0. The highest BCUT2D eigenvalue weighted by molar-refractivity contribution is 5.10. The molecule has 5 heteroatoms. The van der Waals surface area contributed by atoms with Crippen molar-refractivity contribution >= 4 is 5.95 Å². The molecule has 5 nitrogen and oxygen atoms in total. The fourth-order valence-corrected chi connectivity index (χ4v) is 0.325. The van der Waals surface area contributed by atoms with E-state index in [1.165, 1.54) is 12.4 Å². The Morgan fingerprint density at radius 2 is 2.75 bits per heavy atom. The van der Waals surface area contributed by atoms with Gasteiger partial charge in [0, 0.05) is 15.6 Å². The summed E-state index contributed by atoms with van der Waals surface area (Å²) >= 11 is 0. The molecule has 1 aromatic rings. The maximum atomic E-state index is 7.82. The van der Waals surface area contributed by atoms with Gasteiger partial charge in [-0.3, -0.25) is 0 Å². The van der Waals surface area contributed by atoms with Crippen molar-refractivity contribution in [3.8, 4) is 0 Å². The molecule has 0 aliphatic carbocycles. The van der Waals surface area contributed by atoms with E-state index in [4.69, 9.17) is 5.53 Å². The number of azide groups is 1. The maximum Gasteiger partial charge on any atom is 0.111 e. The first-order valence-corrected chi connectivity index (χ1v) is 1.92. The lowest BCUT2D eigenvalue weighted by molar-refractivity contribution is 1.21. The molecule has 0 aliphatic heterocycles. The fraction of sp³-hybridized carbons (Fsp3) is 0. The molecule has 0 saturated heterocycles. The Bertz CT molecular complexity index is 193. The second-order valence-electron chi connectivity index (χ2n) is 1.05. The van der Waals surface area contributed by atoms with Gasteiger partial charge < -0.3 is 9.97 Å². The van der Waals surface area contributed by atoms with Crippen molar-refractivity contribution in [3.63, 3.8) is 0 Å². The van der Waals surface area contributed by atoms with E-state index < -0.39 is 0 Å². The molecule has 0 atom stereocenters. The van der Waals surface area contributed by atoms with E-state index in [2.05, 4.69) is 20.0 Å². The van der Waals surface area contributed by atoms with Crippen LogP contribution in [-0.2, 0) is 0 Å². The third kappa shape index (κ3) is 0.772. The van der Waals surface area contributed by atoms with Gasteiger partial charge in [0.1, 0.15) is 5.95 Å². The average Bonchev–Trinajstić information content (AvgIpc) is 2.19. The predicted octanol–water partition coefficient (Wildman–Crippen LogP) is 0.981. The average molecular weight is 108 g/mol. The standard InChI is InChI=1S/C3H2N5/c4-8-7-3-5-1-2-6-3/h1-2H/q-1. The first kappa shape index (κ1) is 4.67. The van der Waals surface area contributed by atoms with Gasteiger partial charge in [-0.2, -0.15) is 0 Å². The van der Waals surface area contributed by atoms with E-state index in [9.17, 15) is 0 Å². The smallest absolute Gasteiger partial charge is 0.111 e. The largest absolute Gasteiger partial charge is 0.361 e. The fourth-order valence-electron chi connectivity index (χ4n) is 0.325. The van der Waals surface area contributed by atoms with Gasteiger partial charge in [-0.1, -0.05) is 0 Å². The Kier molecular flexibility index (Phi) is 1.16. The van der Waals surface area contributed by atoms with Crippen molar-refractivity contribution < 1.29 is 0 Å². The van der Waals surface area contributed by atoms with Gasteiger partial charge in [-0.15, -0.1) is 0 Å². The van der Waals surface area contributed by atoms with Crippen molar-refractivity contribution in [2.24, 2.45) is 5.11 Å². The molecule has 1 rings (SSSR count). The van der Waals surface area contributed by atoms with Crippen molar-refractivity contribution in [2.45, 2.75) is 0 Å². The van der Waals surface area contributed by atoms with Gasteiger partial charge >= 0.3 is 0 Å². The first-order chi connectivity index (χ1) is 3.93. The molecule has 1 aromatic heterocycles. The van der Waals surface area contributed by atoms with Gasteiger partial charge in [0.25, 0.3) is 0 Å². The van der Waals surface area contributed by atoms with Crippen LogP contribution in [-0.4, -0.2) is 4.98 Å². The van der Waals surface area contributed by atoms with E-state index in [1.54, 1.807) is 0 Å². The molecule has 0 aromatic carbocycles. The second kappa shape index (κ2) is 1.99. The maximum absolute atomic E-state index is 7.82. The lowest BCUT2D eigenvalue weighted by Crippen LogP contribution is -1.62. The van der Waals surface area contributed by atoms with Crippen molar-refractivity contribution in [1.29, 1.82) is 0 Å². The Morgan fingerprint density at radius 3 is 3.25 bits per heavy atom. The van der Waals surface area contributed by atoms with E-state index in [0.29, 0.717) is 0 Å². The number of hydrogen-bond donors (Lipinski definition) is 0. The third-order valence-electron chi connectivity index (χ3n) is 0.581. The van der Waals surface area contributed by atoms with Crippen LogP contribution in [0.4, 0.5) is 5.95 Å². The Morgan fingerprint density at radius 1 is 1.88 bits per heavy atom. The summed E-state index contributed by atoms with van der Waals surface area (Å²) in [5.41, 5.74) is 7.82. The van der Waals surface area contributed by atoms with Crippen LogP contribution >= 0.6 is 0 Å². The molecule has 0 fully saturated rings. The molecule has 0 amide bonds. The molecule has 0 bridgehead atoms. The van der Waals surface area contributed by atoms with Gasteiger partial charge in [0.05, 0.1) is 0 Å². The summed E-state index contributed by atoms with van der Waals surface area (Å²) in [4.78, 5) is 9.63. The minimum absolute atomic E-state index is 0.174. The topological polar surface area (TPSA) is 75.8 Å². The van der Waals surface area contributed by atoms with Gasteiger partial charge in [0.2, 0.25) is 0 Å². The van der Waals surface area contributed by atoms with Crippen LogP contribution in [0, 0.1) is 0 Å². The van der Waals surface area contributed by atoms with E-state index in [0.717, 1.165) is 0 Å². The highest BCUT2D eigenvalue weighted by Crippen LogP contribution is 1.96. The van der Waals surface area contributed by atoms with Crippen molar-refractivity contribution in [3.05, 3.63) is 22.8 Å². The molecule has 0 radical (unpaired) electrons. The van der Waals surface area contributed by atoms with Gasteiger partial charge in [-0.25, -0.2) is 0 Å². The van der Waals surface area contributed by atoms with Crippen LogP contribution in [0.5, 0.6) is 0 Å². The van der Waals surface area contributed by atoms with Crippen LogP contribution in [0.15, 0.2) is 17.5 Å². The molecule has 0 saturated carbocycles. The number of aromatic nitrogens is 2. The monoisotopic (exact) mass is 108 g/mol. The van der Waals surface area contributed by atoms with Crippen LogP contribution in [0.2, 0.25) is 0 Å². The molecular formula is C3H2N5-. The molecule has 0 N–H and O–H groups in total. The van der Waals surface area contributed by atoms with Crippen LogP contribution in [0.3, 0.4) is 0 Å². The third-order valence-corrected chi connectivity index (χ3v) is 0.581. The zero-order valence-corrected chi connectivity index (χ0v) is 3.89. The van der Waals surface area contributed by atoms with Crippen LogP contribution in [0.25, 0.3) is 10.4 Å². The zero-order chi connectivity index (χ0) is 5.82. The van der Waals surface area contributed by atoms with E-state index >= 15 is 0 Å². The molecule has 0 spiro atoms. The lowest BCUT2D eigenvalue weighted by Gasteiger charge is -1.76. The first-order valence-electron chi connectivity index (χ1n) is 1.92. The Hall–Kier alpha value is -1.48. The minimum Gasteiger partial charge on any atom is -0.361 e. The van der Waals surface area contributed by atoms with Crippen molar-refractivity contribution in [1.82, 2.24) is 9.97 Å². The normalized spacial score (nSPS) is 8.00. The lowest BCUT2D eigenvalue weighted by atomic mass is 11.0. The molecular weight excluding hydrogens is 106 g/mol. The second-order valence-corrected chi connectivity index (χ2v) is 1.05. The number of hydrogen-bond acceptors (Lipinski definition) is 2. The summed E-state index contributed by atoms with van der Waals surface area (Å²) in [6.07, 6.45) is 2.92. The molecule has 0 aliphatic rings. The Balaban J connectivity index is 2.93. The van der Waals surface area contributed by atoms with Crippen LogP contribution < -0.4 is 4.98 Å². The summed E-state index contributed by atoms with van der Waals surface area (Å²) < 4.78 is 0. The predicted molar refractivity (Wildman–Crippen MR) is 26.4 cm³/mol. The van der Waals surface area contributed by atoms with E-state index in [1.807, 2.05) is 0 Å². The summed E-state index contributed by atoms with van der Waals surface area (Å²) in [6.45, 7) is 0.